The summed E-state index contributed by atoms with van der Waals surface area (Å²) in [7, 11) is 0. The van der Waals surface area contributed by atoms with E-state index in [2.05, 4.69) is 4.98 Å². The molecule has 0 bridgehead atoms. The van der Waals surface area contributed by atoms with Gasteiger partial charge in [0.25, 0.3) is 0 Å². The zero-order valence-electron chi connectivity index (χ0n) is 14.7. The highest BCUT2D eigenvalue weighted by Crippen LogP contribution is 2.38. The molecule has 4 rings (SSSR count). The Morgan fingerprint density at radius 2 is 1.82 bits per heavy atom. The highest BCUT2D eigenvalue weighted by molar-refractivity contribution is 5.44. The molecule has 0 amide bonds. The molecule has 0 radical (unpaired) electrons. The second-order valence-electron chi connectivity index (χ2n) is 6.57. The Labute approximate surface area is 159 Å². The van der Waals surface area contributed by atoms with Crippen LogP contribution in [-0.4, -0.2) is 4.98 Å². The molecule has 2 aromatic carbocycles. The molecule has 1 atom stereocenters. The first-order valence-corrected chi connectivity index (χ1v) is 8.74. The van der Waals surface area contributed by atoms with Gasteiger partial charge in [0.1, 0.15) is 17.6 Å². The van der Waals surface area contributed by atoms with Crippen molar-refractivity contribution in [1.82, 2.24) is 4.98 Å². The van der Waals surface area contributed by atoms with E-state index in [-0.39, 0.29) is 6.10 Å². The second-order valence-corrected chi connectivity index (χ2v) is 6.57. The number of hydrogen-bond acceptors (Lipinski definition) is 4. The zero-order valence-corrected chi connectivity index (χ0v) is 14.7. The maximum Gasteiger partial charge on any atom is 0.416 e. The number of hydrogen-bond donors (Lipinski definition) is 1. The van der Waals surface area contributed by atoms with E-state index in [0.717, 1.165) is 29.7 Å². The van der Waals surface area contributed by atoms with Crippen molar-refractivity contribution in [1.29, 1.82) is 0 Å². The number of aryl methyl sites for hydroxylation is 1. The zero-order chi connectivity index (χ0) is 19.7. The van der Waals surface area contributed by atoms with Crippen LogP contribution < -0.4 is 15.2 Å². The third kappa shape index (κ3) is 3.88. The number of benzene rings is 2. The van der Waals surface area contributed by atoms with E-state index in [0.29, 0.717) is 29.5 Å². The van der Waals surface area contributed by atoms with Crippen molar-refractivity contribution < 1.29 is 22.6 Å². The van der Waals surface area contributed by atoms with Gasteiger partial charge in [0, 0.05) is 6.07 Å². The quantitative estimate of drug-likeness (QED) is 0.642. The number of nitrogens with zero attached hydrogens (tertiary/aromatic N) is 1. The van der Waals surface area contributed by atoms with E-state index in [1.54, 1.807) is 24.3 Å². The minimum Gasteiger partial charge on any atom is -0.485 e. The molecule has 1 unspecified atom stereocenters. The first-order chi connectivity index (χ1) is 13.4. The van der Waals surface area contributed by atoms with E-state index in [4.69, 9.17) is 15.2 Å². The SMILES string of the molecule is Nc1ccc(Oc2ccc3c(c2)CCC(c2ccc(C(F)(F)F)cc2)O3)nc1. The van der Waals surface area contributed by atoms with Gasteiger partial charge >= 0.3 is 6.18 Å². The fourth-order valence-electron chi connectivity index (χ4n) is 3.12. The molecule has 3 aromatic rings. The molecule has 144 valence electrons. The summed E-state index contributed by atoms with van der Waals surface area (Å²) in [4.78, 5) is 4.10. The summed E-state index contributed by atoms with van der Waals surface area (Å²) in [5.74, 6) is 1.77. The number of fused-ring (bicyclic) bond motifs is 1. The first kappa shape index (κ1) is 18.2. The molecular weight excluding hydrogens is 369 g/mol. The molecule has 1 aromatic heterocycles. The van der Waals surface area contributed by atoms with E-state index < -0.39 is 11.7 Å². The van der Waals surface area contributed by atoms with Gasteiger partial charge in [-0.15, -0.1) is 0 Å². The largest absolute Gasteiger partial charge is 0.485 e. The lowest BCUT2D eigenvalue weighted by atomic mass is 9.96. The third-order valence-corrected chi connectivity index (χ3v) is 4.57. The standard InChI is InChI=1S/C21H17F3N2O2/c22-21(23,24)15-4-1-13(2-5-15)18-8-3-14-11-17(7-9-19(14)28-18)27-20-10-6-16(25)12-26-20/h1-2,4-7,9-12,18H,3,8,25H2. The van der Waals surface area contributed by atoms with Crippen molar-refractivity contribution in [2.75, 3.05) is 5.73 Å². The molecule has 0 saturated carbocycles. The van der Waals surface area contributed by atoms with Crippen LogP contribution in [0.1, 0.15) is 29.2 Å². The Balaban J connectivity index is 1.48. The molecule has 1 aliphatic heterocycles. The normalized spacial score (nSPS) is 16.2. The number of halogens is 3. The average Bonchev–Trinajstić information content (AvgIpc) is 2.69. The highest BCUT2D eigenvalue weighted by Gasteiger charge is 2.30. The van der Waals surface area contributed by atoms with Gasteiger partial charge in [-0.1, -0.05) is 12.1 Å². The fourth-order valence-corrected chi connectivity index (χ4v) is 3.12. The van der Waals surface area contributed by atoms with E-state index in [9.17, 15) is 13.2 Å². The number of alkyl halides is 3. The van der Waals surface area contributed by atoms with Gasteiger partial charge in [0.05, 0.1) is 17.4 Å². The molecule has 0 spiro atoms. The van der Waals surface area contributed by atoms with E-state index >= 15 is 0 Å². The molecule has 7 heteroatoms. The van der Waals surface area contributed by atoms with Gasteiger partial charge in [-0.25, -0.2) is 4.98 Å². The Hall–Kier alpha value is -3.22. The number of rotatable bonds is 3. The summed E-state index contributed by atoms with van der Waals surface area (Å²) in [6.45, 7) is 0. The van der Waals surface area contributed by atoms with Crippen molar-refractivity contribution in [3.05, 3.63) is 77.5 Å². The summed E-state index contributed by atoms with van der Waals surface area (Å²) >= 11 is 0. The number of nitrogens with two attached hydrogens (primary N) is 1. The smallest absolute Gasteiger partial charge is 0.416 e. The Bertz CT molecular complexity index is 970. The van der Waals surface area contributed by atoms with Crippen molar-refractivity contribution in [2.24, 2.45) is 0 Å². The summed E-state index contributed by atoms with van der Waals surface area (Å²) in [5.41, 5.74) is 7.22. The Morgan fingerprint density at radius 1 is 1.04 bits per heavy atom. The number of anilines is 1. The predicted molar refractivity (Wildman–Crippen MR) is 98.3 cm³/mol. The van der Waals surface area contributed by atoms with Crippen molar-refractivity contribution >= 4 is 5.69 Å². The minimum absolute atomic E-state index is 0.277. The maximum absolute atomic E-state index is 12.7. The van der Waals surface area contributed by atoms with Crippen LogP contribution in [0.4, 0.5) is 18.9 Å². The van der Waals surface area contributed by atoms with Crippen molar-refractivity contribution in [3.63, 3.8) is 0 Å². The molecule has 2 N–H and O–H groups in total. The number of ether oxygens (including phenoxy) is 2. The molecular formula is C21H17F3N2O2. The molecule has 28 heavy (non-hydrogen) atoms. The fraction of sp³-hybridized carbons (Fsp3) is 0.190. The Morgan fingerprint density at radius 3 is 2.50 bits per heavy atom. The van der Waals surface area contributed by atoms with Crippen LogP contribution in [0, 0.1) is 0 Å². The summed E-state index contributed by atoms with van der Waals surface area (Å²) < 4.78 is 49.9. The van der Waals surface area contributed by atoms with E-state index in [1.165, 1.54) is 18.3 Å². The van der Waals surface area contributed by atoms with Gasteiger partial charge in [-0.05, 0) is 60.4 Å². The summed E-state index contributed by atoms with van der Waals surface area (Å²) in [6, 6.07) is 14.0. The van der Waals surface area contributed by atoms with Gasteiger partial charge in [-0.3, -0.25) is 0 Å². The molecule has 1 aliphatic rings. The van der Waals surface area contributed by atoms with Gasteiger partial charge < -0.3 is 15.2 Å². The number of nitrogen functional groups attached to an aromatic ring is 1. The van der Waals surface area contributed by atoms with Crippen molar-refractivity contribution in [2.45, 2.75) is 25.1 Å². The van der Waals surface area contributed by atoms with Gasteiger partial charge in [0.2, 0.25) is 5.88 Å². The topological polar surface area (TPSA) is 57.4 Å². The lowest BCUT2D eigenvalue weighted by Crippen LogP contribution is -2.15. The molecule has 0 saturated heterocycles. The molecule has 4 nitrogen and oxygen atoms in total. The van der Waals surface area contributed by atoms with Crippen LogP contribution >= 0.6 is 0 Å². The van der Waals surface area contributed by atoms with Gasteiger partial charge in [0.15, 0.2) is 0 Å². The summed E-state index contributed by atoms with van der Waals surface area (Å²) in [6.07, 6.45) is -1.70. The van der Waals surface area contributed by atoms with Gasteiger partial charge in [-0.2, -0.15) is 13.2 Å². The van der Waals surface area contributed by atoms with Crippen LogP contribution in [0.15, 0.2) is 60.8 Å². The maximum atomic E-state index is 12.7. The lowest BCUT2D eigenvalue weighted by Gasteiger charge is -2.27. The van der Waals surface area contributed by atoms with Crippen LogP contribution in [0.3, 0.4) is 0 Å². The molecule has 0 aliphatic carbocycles. The summed E-state index contributed by atoms with van der Waals surface area (Å²) in [5, 5.41) is 0. The molecule has 0 fully saturated rings. The minimum atomic E-state index is -4.34. The Kier molecular flexibility index (Phi) is 4.58. The van der Waals surface area contributed by atoms with Crippen LogP contribution in [0.25, 0.3) is 0 Å². The third-order valence-electron chi connectivity index (χ3n) is 4.57. The monoisotopic (exact) mass is 386 g/mol. The predicted octanol–water partition coefficient (Wildman–Crippen LogP) is 5.54. The first-order valence-electron chi connectivity index (χ1n) is 8.74. The highest BCUT2D eigenvalue weighted by atomic mass is 19.4. The average molecular weight is 386 g/mol. The van der Waals surface area contributed by atoms with Crippen LogP contribution in [0.2, 0.25) is 0 Å². The van der Waals surface area contributed by atoms with Crippen molar-refractivity contribution in [3.8, 4) is 17.4 Å². The molecule has 2 heterocycles. The second kappa shape index (κ2) is 7.07. The lowest BCUT2D eigenvalue weighted by molar-refractivity contribution is -0.137. The number of pyridine rings is 1. The van der Waals surface area contributed by atoms with Crippen LogP contribution in [0.5, 0.6) is 17.4 Å². The van der Waals surface area contributed by atoms with E-state index in [1.807, 2.05) is 6.07 Å². The van der Waals surface area contributed by atoms with Crippen LogP contribution in [-0.2, 0) is 12.6 Å². The number of aromatic nitrogens is 1.